The molecule has 0 aliphatic carbocycles. The van der Waals surface area contributed by atoms with Crippen LogP contribution in [-0.2, 0) is 9.53 Å². The van der Waals surface area contributed by atoms with Crippen molar-refractivity contribution in [2.45, 2.75) is 32.9 Å². The van der Waals surface area contributed by atoms with E-state index in [-0.39, 0.29) is 42.4 Å². The third-order valence-corrected chi connectivity index (χ3v) is 6.05. The first kappa shape index (κ1) is 25.2. The first-order valence-corrected chi connectivity index (χ1v) is 11.4. The highest BCUT2D eigenvalue weighted by molar-refractivity contribution is 5.99. The van der Waals surface area contributed by atoms with E-state index in [0.717, 1.165) is 0 Å². The number of hydrogen-bond acceptors (Lipinski definition) is 5. The van der Waals surface area contributed by atoms with Crippen LogP contribution in [0.1, 0.15) is 41.5 Å². The second-order valence-corrected chi connectivity index (χ2v) is 8.81. The van der Waals surface area contributed by atoms with Crippen molar-refractivity contribution < 1.29 is 23.9 Å². The number of carbonyl (C=O) groups is 3. The quantitative estimate of drug-likeness (QED) is 0.748. The molecule has 8 heteroatoms. The third kappa shape index (κ3) is 5.94. The molecule has 3 atom stereocenters. The van der Waals surface area contributed by atoms with Crippen molar-refractivity contribution >= 4 is 23.4 Å². The Morgan fingerprint density at radius 2 is 1.79 bits per heavy atom. The number of rotatable bonds is 3. The first-order chi connectivity index (χ1) is 16.2. The molecule has 2 aromatic rings. The maximum absolute atomic E-state index is 13.4. The molecule has 0 radical (unpaired) electrons. The summed E-state index contributed by atoms with van der Waals surface area (Å²) in [6, 6.07) is 13.9. The smallest absolute Gasteiger partial charge is 0.257 e. The number of amides is 3. The van der Waals surface area contributed by atoms with Gasteiger partial charge in [0.25, 0.3) is 11.8 Å². The van der Waals surface area contributed by atoms with Crippen LogP contribution in [0, 0.1) is 5.92 Å². The maximum atomic E-state index is 13.4. The summed E-state index contributed by atoms with van der Waals surface area (Å²) in [6.07, 6.45) is -0.283. The minimum Gasteiger partial charge on any atom is -0.491 e. The lowest BCUT2D eigenvalue weighted by Gasteiger charge is -2.36. The molecule has 0 unspecified atom stereocenters. The minimum absolute atomic E-state index is 0.0417. The van der Waals surface area contributed by atoms with Gasteiger partial charge in [-0.2, -0.15) is 0 Å². The van der Waals surface area contributed by atoms with E-state index in [1.54, 1.807) is 54.3 Å². The van der Waals surface area contributed by atoms with Gasteiger partial charge in [-0.3, -0.25) is 14.4 Å². The number of nitrogens with one attached hydrogen (secondary N) is 1. The SMILES string of the molecule is CO[C@@H]1CN(C)C(=O)c2cc(NC(C)=O)ccc2OC[C@@H](C)N(C(=O)c2ccccc2)C[C@H]1C. The molecule has 34 heavy (non-hydrogen) atoms. The van der Waals surface area contributed by atoms with Crippen LogP contribution >= 0.6 is 0 Å². The lowest BCUT2D eigenvalue weighted by molar-refractivity contribution is -0.114. The highest BCUT2D eigenvalue weighted by atomic mass is 16.5. The van der Waals surface area contributed by atoms with Gasteiger partial charge in [0.15, 0.2) is 0 Å². The van der Waals surface area contributed by atoms with E-state index >= 15 is 0 Å². The van der Waals surface area contributed by atoms with Crippen LogP contribution in [-0.4, -0.2) is 73.5 Å². The lowest BCUT2D eigenvalue weighted by Crippen LogP contribution is -2.48. The summed E-state index contributed by atoms with van der Waals surface area (Å²) in [7, 11) is 3.32. The molecule has 3 rings (SSSR count). The summed E-state index contributed by atoms with van der Waals surface area (Å²) in [6.45, 7) is 6.34. The molecule has 1 aliphatic rings. The van der Waals surface area contributed by atoms with E-state index < -0.39 is 0 Å². The Labute approximate surface area is 200 Å². The zero-order valence-corrected chi connectivity index (χ0v) is 20.4. The number of nitrogens with zero attached hydrogens (tertiary/aromatic N) is 2. The lowest BCUT2D eigenvalue weighted by atomic mass is 10.0. The molecular formula is C26H33N3O5. The summed E-state index contributed by atoms with van der Waals surface area (Å²) in [5.41, 5.74) is 1.45. The van der Waals surface area contributed by atoms with Gasteiger partial charge in [0.1, 0.15) is 12.4 Å². The van der Waals surface area contributed by atoms with Crippen molar-refractivity contribution in [3.63, 3.8) is 0 Å². The topological polar surface area (TPSA) is 88.2 Å². The maximum Gasteiger partial charge on any atom is 0.257 e. The number of methoxy groups -OCH3 is 1. The predicted molar refractivity (Wildman–Crippen MR) is 130 cm³/mol. The summed E-state index contributed by atoms with van der Waals surface area (Å²) in [4.78, 5) is 41.6. The normalized spacial score (nSPS) is 21.6. The van der Waals surface area contributed by atoms with Gasteiger partial charge in [-0.05, 0) is 37.3 Å². The Hall–Kier alpha value is -3.39. The van der Waals surface area contributed by atoms with E-state index in [9.17, 15) is 14.4 Å². The molecule has 1 N–H and O–H groups in total. The predicted octanol–water partition coefficient (Wildman–Crippen LogP) is 3.29. The molecule has 2 aromatic carbocycles. The monoisotopic (exact) mass is 467 g/mol. The molecule has 3 amide bonds. The van der Waals surface area contributed by atoms with Crippen LogP contribution in [0.2, 0.25) is 0 Å². The molecule has 0 saturated heterocycles. The van der Waals surface area contributed by atoms with Crippen molar-refractivity contribution in [3.8, 4) is 5.75 Å². The highest BCUT2D eigenvalue weighted by Crippen LogP contribution is 2.27. The molecule has 0 saturated carbocycles. The largest absolute Gasteiger partial charge is 0.491 e. The van der Waals surface area contributed by atoms with E-state index in [0.29, 0.717) is 35.7 Å². The number of ether oxygens (including phenoxy) is 2. The van der Waals surface area contributed by atoms with E-state index in [1.165, 1.54) is 6.92 Å². The molecule has 1 heterocycles. The summed E-state index contributed by atoms with van der Waals surface area (Å²) < 4.78 is 11.8. The first-order valence-electron chi connectivity index (χ1n) is 11.4. The number of likely N-dealkylation sites (N-methyl/N-ethyl adjacent to an activating group) is 1. The Bertz CT molecular complexity index is 1030. The Morgan fingerprint density at radius 1 is 1.09 bits per heavy atom. The van der Waals surface area contributed by atoms with Gasteiger partial charge in [0.2, 0.25) is 5.91 Å². The molecule has 0 spiro atoms. The van der Waals surface area contributed by atoms with Gasteiger partial charge in [0, 0.05) is 51.3 Å². The van der Waals surface area contributed by atoms with Crippen molar-refractivity contribution in [1.82, 2.24) is 9.80 Å². The van der Waals surface area contributed by atoms with E-state index in [4.69, 9.17) is 9.47 Å². The summed E-state index contributed by atoms with van der Waals surface area (Å²) in [5, 5.41) is 2.71. The van der Waals surface area contributed by atoms with E-state index in [1.807, 2.05) is 32.0 Å². The van der Waals surface area contributed by atoms with Crippen molar-refractivity contribution in [3.05, 3.63) is 59.7 Å². The molecule has 0 bridgehead atoms. The summed E-state index contributed by atoms with van der Waals surface area (Å²) in [5.74, 6) is -0.192. The number of fused-ring (bicyclic) bond motifs is 1. The zero-order valence-electron chi connectivity index (χ0n) is 20.4. The molecule has 182 valence electrons. The minimum atomic E-state index is -0.283. The van der Waals surface area contributed by atoms with Crippen LogP contribution in [0.5, 0.6) is 5.75 Å². The van der Waals surface area contributed by atoms with Crippen LogP contribution in [0.15, 0.2) is 48.5 Å². The second kappa shape index (κ2) is 11.2. The van der Waals surface area contributed by atoms with Gasteiger partial charge >= 0.3 is 0 Å². The number of hydrogen-bond donors (Lipinski definition) is 1. The Balaban J connectivity index is 1.99. The van der Waals surface area contributed by atoms with Gasteiger partial charge in [-0.25, -0.2) is 0 Å². The Kier molecular flexibility index (Phi) is 8.28. The molecule has 8 nitrogen and oxygen atoms in total. The fourth-order valence-corrected chi connectivity index (χ4v) is 4.09. The van der Waals surface area contributed by atoms with Crippen LogP contribution in [0.4, 0.5) is 5.69 Å². The number of anilines is 1. The second-order valence-electron chi connectivity index (χ2n) is 8.81. The van der Waals surface area contributed by atoms with Gasteiger partial charge in [-0.15, -0.1) is 0 Å². The van der Waals surface area contributed by atoms with Crippen LogP contribution in [0.3, 0.4) is 0 Å². The fourth-order valence-electron chi connectivity index (χ4n) is 4.09. The molecule has 0 aromatic heterocycles. The van der Waals surface area contributed by atoms with Gasteiger partial charge in [0.05, 0.1) is 17.7 Å². The number of benzene rings is 2. The van der Waals surface area contributed by atoms with Crippen molar-refractivity contribution in [1.29, 1.82) is 0 Å². The molecule has 0 fully saturated rings. The van der Waals surface area contributed by atoms with E-state index in [2.05, 4.69) is 5.32 Å². The average Bonchev–Trinajstić information content (AvgIpc) is 2.83. The van der Waals surface area contributed by atoms with Gasteiger partial charge in [-0.1, -0.05) is 25.1 Å². The van der Waals surface area contributed by atoms with Gasteiger partial charge < -0.3 is 24.6 Å². The van der Waals surface area contributed by atoms with Crippen molar-refractivity contribution in [2.24, 2.45) is 5.92 Å². The molecular weight excluding hydrogens is 434 g/mol. The average molecular weight is 468 g/mol. The molecule has 1 aliphatic heterocycles. The highest BCUT2D eigenvalue weighted by Gasteiger charge is 2.30. The fraction of sp³-hybridized carbons (Fsp3) is 0.423. The summed E-state index contributed by atoms with van der Waals surface area (Å²) >= 11 is 0. The zero-order chi connectivity index (χ0) is 24.8. The standard InChI is InChI=1S/C26H33N3O5/c1-17-14-29(25(31)20-9-7-6-8-10-20)18(2)16-34-23-12-11-21(27-19(3)30)13-22(23)26(32)28(4)15-24(17)33-5/h6-13,17-18,24H,14-16H2,1-5H3,(H,27,30)/t17-,18-,24-/m1/s1. The Morgan fingerprint density at radius 3 is 2.44 bits per heavy atom. The van der Waals surface area contributed by atoms with Crippen molar-refractivity contribution in [2.75, 3.05) is 39.2 Å². The third-order valence-electron chi connectivity index (χ3n) is 6.05. The van der Waals surface area contributed by atoms with Crippen LogP contribution < -0.4 is 10.1 Å². The number of carbonyl (C=O) groups excluding carboxylic acids is 3. The van der Waals surface area contributed by atoms with Crippen LogP contribution in [0.25, 0.3) is 0 Å².